The number of amides is 1. The van der Waals surface area contributed by atoms with Gasteiger partial charge in [0.2, 0.25) is 10.0 Å². The molecule has 40 heavy (non-hydrogen) atoms. The minimum Gasteiger partial charge on any atom is -0.347 e. The van der Waals surface area contributed by atoms with Crippen molar-refractivity contribution in [3.63, 3.8) is 0 Å². The van der Waals surface area contributed by atoms with E-state index in [4.69, 9.17) is 4.98 Å². The van der Waals surface area contributed by atoms with Gasteiger partial charge >= 0.3 is 0 Å². The predicted molar refractivity (Wildman–Crippen MR) is 161 cm³/mol. The Bertz CT molecular complexity index is 1330. The molecule has 0 aliphatic carbocycles. The summed E-state index contributed by atoms with van der Waals surface area (Å²) in [5, 5.41) is 5.94. The van der Waals surface area contributed by atoms with Crippen LogP contribution in [0.5, 0.6) is 0 Å². The highest BCUT2D eigenvalue weighted by Crippen LogP contribution is 2.37. The van der Waals surface area contributed by atoms with Gasteiger partial charge < -0.3 is 10.2 Å². The van der Waals surface area contributed by atoms with Gasteiger partial charge in [-0.15, -0.1) is 11.3 Å². The minimum atomic E-state index is -3.12. The Hall–Kier alpha value is -2.59. The molecule has 214 valence electrons. The van der Waals surface area contributed by atoms with Crippen LogP contribution in [0.15, 0.2) is 66.0 Å². The molecule has 9 heteroatoms. The molecule has 3 aromatic rings. The van der Waals surface area contributed by atoms with E-state index in [0.717, 1.165) is 62.3 Å². The second kappa shape index (κ2) is 13.4. The van der Waals surface area contributed by atoms with E-state index in [1.54, 1.807) is 15.6 Å². The van der Waals surface area contributed by atoms with Gasteiger partial charge in [-0.25, -0.2) is 17.7 Å². The van der Waals surface area contributed by atoms with E-state index in [0.29, 0.717) is 43.1 Å². The number of thiazole rings is 1. The lowest BCUT2D eigenvalue weighted by molar-refractivity contribution is 0.0946. The number of likely N-dealkylation sites (tertiary alicyclic amines) is 1. The van der Waals surface area contributed by atoms with E-state index in [2.05, 4.69) is 40.5 Å². The summed E-state index contributed by atoms with van der Waals surface area (Å²) in [4.78, 5) is 19.9. The lowest BCUT2D eigenvalue weighted by atomic mass is 9.78. The Morgan fingerprint density at radius 2 is 1.62 bits per heavy atom. The number of nitrogens with one attached hydrogen (secondary N) is 1. The van der Waals surface area contributed by atoms with E-state index in [1.807, 2.05) is 35.7 Å². The Balaban J connectivity index is 1.11. The van der Waals surface area contributed by atoms with Gasteiger partial charge in [-0.2, -0.15) is 0 Å². The molecule has 7 nitrogen and oxygen atoms in total. The summed E-state index contributed by atoms with van der Waals surface area (Å²) in [6, 6.07) is 20.7. The highest BCUT2D eigenvalue weighted by molar-refractivity contribution is 7.88. The second-order valence-corrected chi connectivity index (χ2v) is 14.0. The first-order valence-electron chi connectivity index (χ1n) is 14.4. The Kier molecular flexibility index (Phi) is 9.68. The zero-order valence-electron chi connectivity index (χ0n) is 23.2. The molecule has 3 heterocycles. The molecule has 0 spiro atoms. The summed E-state index contributed by atoms with van der Waals surface area (Å²) in [5.74, 6) is 1.23. The van der Waals surface area contributed by atoms with Crippen molar-refractivity contribution in [2.75, 3.05) is 39.0 Å². The molecule has 1 amide bonds. The Labute approximate surface area is 242 Å². The van der Waals surface area contributed by atoms with Crippen molar-refractivity contribution in [2.45, 2.75) is 50.5 Å². The lowest BCUT2D eigenvalue weighted by Crippen LogP contribution is -2.40. The van der Waals surface area contributed by atoms with Crippen LogP contribution in [0.3, 0.4) is 0 Å². The van der Waals surface area contributed by atoms with Crippen LogP contribution in [0.4, 0.5) is 0 Å². The van der Waals surface area contributed by atoms with Crippen molar-refractivity contribution >= 4 is 27.3 Å². The quantitative estimate of drug-likeness (QED) is 0.361. The molecule has 5 rings (SSSR count). The number of carbonyl (C=O) groups excluding carboxylic acids is 1. The van der Waals surface area contributed by atoms with Crippen molar-refractivity contribution in [3.8, 4) is 0 Å². The average Bonchev–Trinajstić information content (AvgIpc) is 3.48. The highest BCUT2D eigenvalue weighted by Gasteiger charge is 2.31. The van der Waals surface area contributed by atoms with E-state index in [-0.39, 0.29) is 5.91 Å². The summed E-state index contributed by atoms with van der Waals surface area (Å²) in [6.45, 7) is 4.87. The molecule has 1 unspecified atom stereocenters. The maximum absolute atomic E-state index is 12.6. The first-order chi connectivity index (χ1) is 19.4. The summed E-state index contributed by atoms with van der Waals surface area (Å²) < 4.78 is 25.6. The number of hydrogen-bond donors (Lipinski definition) is 1. The van der Waals surface area contributed by atoms with E-state index in [1.165, 1.54) is 11.8 Å². The molecular weight excluding hydrogens is 541 g/mol. The van der Waals surface area contributed by atoms with Gasteiger partial charge in [-0.3, -0.25) is 4.79 Å². The molecule has 2 fully saturated rings. The van der Waals surface area contributed by atoms with E-state index < -0.39 is 10.0 Å². The first kappa shape index (κ1) is 28.9. The summed E-state index contributed by atoms with van der Waals surface area (Å²) in [7, 11) is -3.12. The van der Waals surface area contributed by atoms with Crippen LogP contribution in [0.2, 0.25) is 0 Å². The number of aromatic nitrogens is 1. The van der Waals surface area contributed by atoms with Crippen LogP contribution in [-0.2, 0) is 16.6 Å². The third kappa shape index (κ3) is 7.57. The fraction of sp³-hybridized carbons (Fsp3) is 0.484. The molecule has 1 N–H and O–H groups in total. The number of carbonyl (C=O) groups is 1. The molecule has 2 aromatic carbocycles. The van der Waals surface area contributed by atoms with E-state index >= 15 is 0 Å². The molecule has 0 saturated carbocycles. The van der Waals surface area contributed by atoms with Crippen molar-refractivity contribution in [1.82, 2.24) is 19.5 Å². The van der Waals surface area contributed by atoms with Crippen LogP contribution >= 0.6 is 11.3 Å². The van der Waals surface area contributed by atoms with Gasteiger partial charge in [0.15, 0.2) is 0 Å². The number of hydrogen-bond acceptors (Lipinski definition) is 6. The van der Waals surface area contributed by atoms with Crippen LogP contribution in [0.1, 0.15) is 70.6 Å². The van der Waals surface area contributed by atoms with E-state index in [9.17, 15) is 13.2 Å². The molecular formula is C31H40N4O3S2. The number of nitrogens with zero attached hydrogens (tertiary/aromatic N) is 3. The molecule has 2 saturated heterocycles. The van der Waals surface area contributed by atoms with Crippen molar-refractivity contribution in [2.24, 2.45) is 5.92 Å². The molecule has 1 aromatic heterocycles. The van der Waals surface area contributed by atoms with Gasteiger partial charge in [-0.05, 0) is 74.7 Å². The maximum atomic E-state index is 12.6. The van der Waals surface area contributed by atoms with Crippen molar-refractivity contribution in [3.05, 3.63) is 87.9 Å². The third-order valence-electron chi connectivity index (χ3n) is 8.51. The monoisotopic (exact) mass is 580 g/mol. The zero-order chi connectivity index (χ0) is 28.0. The SMILES string of the molecule is CS(=O)(=O)N1CCC(C(CCN2CCC(c3nc(C(=O)NCc4ccccc4)cs3)CC2)c2ccccc2)CC1. The maximum Gasteiger partial charge on any atom is 0.271 e. The fourth-order valence-electron chi connectivity index (χ4n) is 6.16. The Morgan fingerprint density at radius 1 is 0.975 bits per heavy atom. The standard InChI is InChI=1S/C31H40N4O3S2/c1-40(37,38)35-20-14-26(15-21-35)28(25-10-6-3-7-11-25)16-19-34-17-12-27(13-18-34)31-33-29(23-39-31)30(36)32-22-24-8-4-2-5-9-24/h2-11,23,26-28H,12-22H2,1H3,(H,32,36). The fourth-order valence-corrected chi connectivity index (χ4v) is 8.00. The van der Waals surface area contributed by atoms with Gasteiger partial charge in [0.25, 0.3) is 5.91 Å². The van der Waals surface area contributed by atoms with Crippen LogP contribution in [0, 0.1) is 5.92 Å². The lowest BCUT2D eigenvalue weighted by Gasteiger charge is -2.37. The zero-order valence-corrected chi connectivity index (χ0v) is 24.9. The normalized spacial score (nSPS) is 18.9. The minimum absolute atomic E-state index is 0.113. The van der Waals surface area contributed by atoms with Crippen molar-refractivity contribution < 1.29 is 13.2 Å². The smallest absolute Gasteiger partial charge is 0.271 e. The summed E-state index contributed by atoms with van der Waals surface area (Å²) >= 11 is 1.61. The summed E-state index contributed by atoms with van der Waals surface area (Å²) in [6.07, 6.45) is 6.35. The number of rotatable bonds is 10. The first-order valence-corrected chi connectivity index (χ1v) is 17.1. The van der Waals surface area contributed by atoms with Crippen LogP contribution in [-0.4, -0.2) is 67.5 Å². The molecule has 1 atom stereocenters. The molecule has 0 radical (unpaired) electrons. The largest absolute Gasteiger partial charge is 0.347 e. The van der Waals surface area contributed by atoms with Crippen LogP contribution < -0.4 is 5.32 Å². The highest BCUT2D eigenvalue weighted by atomic mass is 32.2. The predicted octanol–water partition coefficient (Wildman–Crippen LogP) is 5.10. The topological polar surface area (TPSA) is 82.6 Å². The summed E-state index contributed by atoms with van der Waals surface area (Å²) in [5.41, 5.74) is 2.97. The molecule has 0 bridgehead atoms. The number of benzene rings is 2. The van der Waals surface area contributed by atoms with Crippen molar-refractivity contribution in [1.29, 1.82) is 0 Å². The second-order valence-electron chi connectivity index (χ2n) is 11.2. The van der Waals surface area contributed by atoms with Gasteiger partial charge in [0.05, 0.1) is 11.3 Å². The third-order valence-corrected chi connectivity index (χ3v) is 10.8. The van der Waals surface area contributed by atoms with Gasteiger partial charge in [0, 0.05) is 30.9 Å². The Morgan fingerprint density at radius 3 is 2.27 bits per heavy atom. The van der Waals surface area contributed by atoms with Gasteiger partial charge in [-0.1, -0.05) is 60.7 Å². The number of sulfonamides is 1. The van der Waals surface area contributed by atoms with Gasteiger partial charge in [0.1, 0.15) is 5.69 Å². The number of piperidine rings is 2. The molecule has 2 aliphatic heterocycles. The molecule has 2 aliphatic rings. The van der Waals surface area contributed by atoms with Crippen LogP contribution in [0.25, 0.3) is 0 Å². The average molecular weight is 581 g/mol.